The van der Waals surface area contributed by atoms with Gasteiger partial charge in [0.05, 0.1) is 12.3 Å². The third kappa shape index (κ3) is 4.55. The fourth-order valence-corrected chi connectivity index (χ4v) is 4.11. The van der Waals surface area contributed by atoms with E-state index in [1.54, 1.807) is 0 Å². The van der Waals surface area contributed by atoms with Crippen molar-refractivity contribution in [2.75, 3.05) is 36.0 Å². The van der Waals surface area contributed by atoms with Gasteiger partial charge in [-0.25, -0.2) is 4.39 Å². The highest BCUT2D eigenvalue weighted by molar-refractivity contribution is 6.74. The van der Waals surface area contributed by atoms with Gasteiger partial charge < -0.3 is 14.2 Å². The van der Waals surface area contributed by atoms with E-state index in [-0.39, 0.29) is 10.9 Å². The number of rotatable bonds is 5. The summed E-state index contributed by atoms with van der Waals surface area (Å²) in [7, 11) is -1.91. The lowest BCUT2D eigenvalue weighted by Gasteiger charge is -2.38. The number of pyridine rings is 1. The summed E-state index contributed by atoms with van der Waals surface area (Å²) in [5, 5.41) is 0.115. The lowest BCUT2D eigenvalue weighted by atomic mass is 10.1. The Kier molecular flexibility index (Phi) is 6.10. The van der Waals surface area contributed by atoms with Gasteiger partial charge in [0, 0.05) is 49.8 Å². The molecule has 3 rings (SSSR count). The van der Waals surface area contributed by atoms with Crippen LogP contribution in [-0.2, 0) is 11.0 Å². The number of anilines is 2. The number of halogens is 1. The molecule has 28 heavy (non-hydrogen) atoms. The van der Waals surface area contributed by atoms with Crippen LogP contribution < -0.4 is 9.80 Å². The lowest BCUT2D eigenvalue weighted by Crippen LogP contribution is -2.47. The van der Waals surface area contributed by atoms with Crippen LogP contribution in [0.1, 0.15) is 26.3 Å². The Labute approximate surface area is 169 Å². The summed E-state index contributed by atoms with van der Waals surface area (Å²) in [5.41, 5.74) is 2.51. The van der Waals surface area contributed by atoms with E-state index in [4.69, 9.17) is 4.43 Å². The Bertz CT molecular complexity index is 784. The van der Waals surface area contributed by atoms with Gasteiger partial charge in [0.15, 0.2) is 14.1 Å². The van der Waals surface area contributed by atoms with Crippen LogP contribution in [0.5, 0.6) is 0 Å². The first-order valence-corrected chi connectivity index (χ1v) is 12.9. The molecule has 0 aliphatic carbocycles. The van der Waals surface area contributed by atoms with Gasteiger partial charge in [-0.15, -0.1) is 0 Å². The largest absolute Gasteiger partial charge is 0.412 e. The number of aromatic nitrogens is 1. The van der Waals surface area contributed by atoms with Crippen LogP contribution in [0.2, 0.25) is 18.1 Å². The van der Waals surface area contributed by atoms with Gasteiger partial charge in [0.25, 0.3) is 0 Å². The minimum absolute atomic E-state index is 0.115. The highest BCUT2D eigenvalue weighted by atomic mass is 28.4. The molecule has 2 heterocycles. The van der Waals surface area contributed by atoms with Crippen molar-refractivity contribution in [3.63, 3.8) is 0 Å². The molecule has 1 aliphatic heterocycles. The van der Waals surface area contributed by atoms with Crippen molar-refractivity contribution in [3.05, 3.63) is 54.1 Å². The van der Waals surface area contributed by atoms with Gasteiger partial charge in [0.1, 0.15) is 0 Å². The molecule has 0 bridgehead atoms. The van der Waals surface area contributed by atoms with Crippen molar-refractivity contribution in [2.45, 2.75) is 45.5 Å². The monoisotopic (exact) mass is 401 g/mol. The summed E-state index contributed by atoms with van der Waals surface area (Å²) in [6, 6.07) is 9.72. The Morgan fingerprint density at radius 3 is 2.21 bits per heavy atom. The molecule has 0 saturated carbocycles. The summed E-state index contributed by atoms with van der Waals surface area (Å²) < 4.78 is 21.5. The maximum absolute atomic E-state index is 15.2. The minimum Gasteiger partial charge on any atom is -0.412 e. The van der Waals surface area contributed by atoms with Crippen LogP contribution in [0.15, 0.2) is 42.7 Å². The van der Waals surface area contributed by atoms with E-state index in [9.17, 15) is 0 Å². The van der Waals surface area contributed by atoms with Crippen LogP contribution in [0.3, 0.4) is 0 Å². The van der Waals surface area contributed by atoms with E-state index in [2.05, 4.69) is 48.6 Å². The molecule has 1 saturated heterocycles. The first kappa shape index (κ1) is 20.8. The van der Waals surface area contributed by atoms with Crippen molar-refractivity contribution in [3.8, 4) is 0 Å². The number of hydrogen-bond acceptors (Lipinski definition) is 4. The zero-order valence-corrected chi connectivity index (χ0v) is 18.7. The van der Waals surface area contributed by atoms with Crippen LogP contribution >= 0.6 is 0 Å². The van der Waals surface area contributed by atoms with E-state index >= 15 is 4.39 Å². The van der Waals surface area contributed by atoms with Gasteiger partial charge >= 0.3 is 0 Å². The van der Waals surface area contributed by atoms with Crippen molar-refractivity contribution in [1.29, 1.82) is 0 Å². The number of nitrogens with zero attached hydrogens (tertiary/aromatic N) is 3. The molecule has 1 aliphatic rings. The smallest absolute Gasteiger partial charge is 0.192 e. The highest BCUT2D eigenvalue weighted by Gasteiger charge is 2.37. The fourth-order valence-electron chi connectivity index (χ4n) is 3.16. The van der Waals surface area contributed by atoms with Gasteiger partial charge in [-0.2, -0.15) is 0 Å². The SMILES string of the molecule is CC(C)(C)[Si](C)(C)OCc1cccc(N2CCN(c3ccncc3)CC2)c1F. The molecule has 1 aromatic heterocycles. The predicted molar refractivity (Wildman–Crippen MR) is 117 cm³/mol. The molecule has 4 nitrogen and oxygen atoms in total. The zero-order valence-electron chi connectivity index (χ0n) is 17.7. The third-order valence-corrected chi connectivity index (χ3v) is 10.6. The van der Waals surface area contributed by atoms with Gasteiger partial charge in [-0.1, -0.05) is 32.9 Å². The molecule has 0 amide bonds. The molecule has 2 aromatic rings. The lowest BCUT2D eigenvalue weighted by molar-refractivity contribution is 0.271. The van der Waals surface area contributed by atoms with Crippen LogP contribution in [-0.4, -0.2) is 39.5 Å². The second-order valence-electron chi connectivity index (χ2n) is 8.98. The summed E-state index contributed by atoms with van der Waals surface area (Å²) >= 11 is 0. The van der Waals surface area contributed by atoms with Crippen LogP contribution in [0.25, 0.3) is 0 Å². The second-order valence-corrected chi connectivity index (χ2v) is 13.8. The van der Waals surface area contributed by atoms with E-state index in [1.165, 1.54) is 5.69 Å². The van der Waals surface area contributed by atoms with Gasteiger partial charge in [0.2, 0.25) is 0 Å². The molecule has 0 atom stereocenters. The summed E-state index contributed by atoms with van der Waals surface area (Å²) in [6.45, 7) is 14.7. The highest BCUT2D eigenvalue weighted by Crippen LogP contribution is 2.37. The molecular formula is C22H32FN3OSi. The quantitative estimate of drug-likeness (QED) is 0.654. The van der Waals surface area contributed by atoms with Crippen LogP contribution in [0, 0.1) is 5.82 Å². The molecule has 6 heteroatoms. The molecule has 1 aromatic carbocycles. The summed E-state index contributed by atoms with van der Waals surface area (Å²) in [6.07, 6.45) is 3.63. The average Bonchev–Trinajstić information content (AvgIpc) is 2.67. The van der Waals surface area contributed by atoms with Crippen molar-refractivity contribution >= 4 is 19.7 Å². The molecule has 0 spiro atoms. The topological polar surface area (TPSA) is 28.6 Å². The Morgan fingerprint density at radius 1 is 1.00 bits per heavy atom. The Balaban J connectivity index is 1.67. The van der Waals surface area contributed by atoms with E-state index in [1.807, 2.05) is 42.7 Å². The normalized spacial score (nSPS) is 15.8. The molecular weight excluding hydrogens is 369 g/mol. The maximum Gasteiger partial charge on any atom is 0.192 e. The number of hydrogen-bond donors (Lipinski definition) is 0. The average molecular weight is 402 g/mol. The molecule has 0 N–H and O–H groups in total. The third-order valence-electron chi connectivity index (χ3n) is 6.10. The van der Waals surface area contributed by atoms with E-state index in [0.717, 1.165) is 26.2 Å². The van der Waals surface area contributed by atoms with E-state index < -0.39 is 8.32 Å². The predicted octanol–water partition coefficient (Wildman–Crippen LogP) is 5.07. The van der Waals surface area contributed by atoms with Gasteiger partial charge in [-0.05, 0) is 36.3 Å². The summed E-state index contributed by atoms with van der Waals surface area (Å²) in [5.74, 6) is -0.140. The first-order chi connectivity index (χ1) is 13.2. The minimum atomic E-state index is -1.91. The van der Waals surface area contributed by atoms with Crippen LogP contribution in [0.4, 0.5) is 15.8 Å². The molecule has 152 valence electrons. The molecule has 0 radical (unpaired) electrons. The summed E-state index contributed by atoms with van der Waals surface area (Å²) in [4.78, 5) is 8.54. The Hall–Kier alpha value is -1.92. The Morgan fingerprint density at radius 2 is 1.61 bits per heavy atom. The fraction of sp³-hybridized carbons (Fsp3) is 0.500. The standard InChI is InChI=1S/C22H32FN3OSi/c1-22(2,3)28(4,5)27-17-18-7-6-8-20(21(18)23)26-15-13-25(14-16-26)19-9-11-24-12-10-19/h6-12H,13-17H2,1-5H3. The van der Waals surface area contributed by atoms with Crippen molar-refractivity contribution in [2.24, 2.45) is 0 Å². The zero-order chi connectivity index (χ0) is 20.4. The van der Waals surface area contributed by atoms with E-state index in [0.29, 0.717) is 17.9 Å². The molecule has 0 unspecified atom stereocenters. The maximum atomic E-state index is 15.2. The molecule has 1 fully saturated rings. The van der Waals surface area contributed by atoms with Gasteiger partial charge in [-0.3, -0.25) is 4.98 Å². The first-order valence-electron chi connectivity index (χ1n) is 10.0. The van der Waals surface area contributed by atoms with Crippen molar-refractivity contribution in [1.82, 2.24) is 4.98 Å². The second kappa shape index (κ2) is 8.21. The number of benzene rings is 1. The number of piperazine rings is 1. The van der Waals surface area contributed by atoms with Crippen molar-refractivity contribution < 1.29 is 8.82 Å².